The van der Waals surface area contributed by atoms with Gasteiger partial charge in [0.15, 0.2) is 0 Å². The highest BCUT2D eigenvalue weighted by molar-refractivity contribution is 7.99. The fourth-order valence-electron chi connectivity index (χ4n) is 2.89. The van der Waals surface area contributed by atoms with Gasteiger partial charge in [0.05, 0.1) is 30.6 Å². The van der Waals surface area contributed by atoms with Gasteiger partial charge in [-0.25, -0.2) is 0 Å². The molecule has 4 nitrogen and oxygen atoms in total. The minimum absolute atomic E-state index is 0.0381. The first-order chi connectivity index (χ1) is 11.7. The van der Waals surface area contributed by atoms with Crippen molar-refractivity contribution in [2.24, 2.45) is 0 Å². The number of anilines is 2. The van der Waals surface area contributed by atoms with E-state index in [0.29, 0.717) is 13.1 Å². The Bertz CT molecular complexity index is 630. The summed E-state index contributed by atoms with van der Waals surface area (Å²) in [7, 11) is 0. The largest absolute Gasteiger partial charge is 0.395 e. The molecule has 2 aromatic carbocycles. The maximum atomic E-state index is 10.5. The summed E-state index contributed by atoms with van der Waals surface area (Å²) in [6.45, 7) is 3.10. The molecule has 2 aromatic rings. The van der Waals surface area contributed by atoms with Crippen LogP contribution in [0, 0.1) is 0 Å². The van der Waals surface area contributed by atoms with Crippen molar-refractivity contribution in [3.05, 3.63) is 48.5 Å². The molecule has 5 heteroatoms. The van der Waals surface area contributed by atoms with Crippen LogP contribution in [0.15, 0.2) is 58.3 Å². The van der Waals surface area contributed by atoms with Crippen molar-refractivity contribution in [3.63, 3.8) is 0 Å². The number of aliphatic hydroxyl groups excluding tert-OH is 2. The second kappa shape index (κ2) is 8.03. The molecule has 0 spiro atoms. The molecule has 0 fully saturated rings. The van der Waals surface area contributed by atoms with Crippen LogP contribution in [0.3, 0.4) is 0 Å². The van der Waals surface area contributed by atoms with E-state index in [9.17, 15) is 10.2 Å². The topological polar surface area (TPSA) is 55.7 Å². The smallest absolute Gasteiger partial charge is 0.0843 e. The molecular weight excluding hydrogens is 320 g/mol. The van der Waals surface area contributed by atoms with E-state index in [1.165, 1.54) is 9.79 Å². The van der Waals surface area contributed by atoms with Crippen molar-refractivity contribution in [3.8, 4) is 0 Å². The lowest BCUT2D eigenvalue weighted by Gasteiger charge is -2.34. The van der Waals surface area contributed by atoms with Gasteiger partial charge < -0.3 is 20.4 Å². The van der Waals surface area contributed by atoms with Crippen LogP contribution in [0.25, 0.3) is 0 Å². The maximum absolute atomic E-state index is 10.5. The number of β-amino-alcohol motifs (C(OH)–C–C–N with tert-alkyl or cyclic N) is 1. The molecule has 128 valence electrons. The third-order valence-corrected chi connectivity index (χ3v) is 5.41. The second-order valence-electron chi connectivity index (χ2n) is 6.00. The lowest BCUT2D eigenvalue weighted by Crippen LogP contribution is -2.42. The molecule has 0 unspecified atom stereocenters. The molecule has 1 aliphatic heterocycles. The molecule has 0 aromatic heterocycles. The standard InChI is InChI=1S/C19H24N2O2S/c1-2-14(13-22)20-11-15(23)12-21-16-7-3-5-9-18(16)24-19-10-6-4-8-17(19)21/h3-10,14-15,20,22-23H,2,11-13H2,1H3/t14-,15-/m0/s1. The number of aliphatic hydroxyl groups is 2. The first kappa shape index (κ1) is 17.3. The van der Waals surface area contributed by atoms with Crippen molar-refractivity contribution >= 4 is 23.1 Å². The molecule has 3 rings (SSSR count). The predicted octanol–water partition coefficient (Wildman–Crippen LogP) is 3.01. The molecular formula is C19H24N2O2S. The Morgan fingerprint density at radius 3 is 2.17 bits per heavy atom. The molecule has 2 atom stereocenters. The van der Waals surface area contributed by atoms with Crippen LogP contribution in [0.4, 0.5) is 11.4 Å². The van der Waals surface area contributed by atoms with E-state index >= 15 is 0 Å². The molecule has 1 aliphatic rings. The number of hydrogen-bond acceptors (Lipinski definition) is 5. The summed E-state index contributed by atoms with van der Waals surface area (Å²) in [6, 6.07) is 16.6. The molecule has 0 amide bonds. The van der Waals surface area contributed by atoms with Gasteiger partial charge in [0.1, 0.15) is 0 Å². The highest BCUT2D eigenvalue weighted by atomic mass is 32.2. The van der Waals surface area contributed by atoms with E-state index in [0.717, 1.165) is 17.8 Å². The van der Waals surface area contributed by atoms with E-state index in [4.69, 9.17) is 0 Å². The normalized spacial score (nSPS) is 15.5. The average molecular weight is 344 g/mol. The summed E-state index contributed by atoms with van der Waals surface area (Å²) in [5.74, 6) is 0. The monoisotopic (exact) mass is 344 g/mol. The lowest BCUT2D eigenvalue weighted by molar-refractivity contribution is 0.162. The zero-order chi connectivity index (χ0) is 16.9. The van der Waals surface area contributed by atoms with Crippen LogP contribution in [-0.4, -0.2) is 42.1 Å². The van der Waals surface area contributed by atoms with Crippen LogP contribution in [0.1, 0.15) is 13.3 Å². The Balaban J connectivity index is 1.77. The Hall–Kier alpha value is -1.53. The Labute approximate surface area is 147 Å². The SMILES string of the molecule is CC[C@@H](CO)NC[C@H](O)CN1c2ccccc2Sc2ccccc21. The third kappa shape index (κ3) is 3.75. The van der Waals surface area contributed by atoms with E-state index in [1.54, 1.807) is 11.8 Å². The zero-order valence-electron chi connectivity index (χ0n) is 13.9. The number of nitrogens with one attached hydrogen (secondary N) is 1. The summed E-state index contributed by atoms with van der Waals surface area (Å²) in [5, 5.41) is 23.0. The summed E-state index contributed by atoms with van der Waals surface area (Å²) < 4.78 is 0. The number of benzene rings is 2. The van der Waals surface area contributed by atoms with Gasteiger partial charge in [0.25, 0.3) is 0 Å². The van der Waals surface area contributed by atoms with E-state index in [-0.39, 0.29) is 12.6 Å². The summed E-state index contributed by atoms with van der Waals surface area (Å²) in [5.41, 5.74) is 2.27. The van der Waals surface area contributed by atoms with Gasteiger partial charge in [-0.2, -0.15) is 0 Å². The zero-order valence-corrected chi connectivity index (χ0v) is 14.7. The summed E-state index contributed by atoms with van der Waals surface area (Å²) >= 11 is 1.77. The highest BCUT2D eigenvalue weighted by Gasteiger charge is 2.24. The van der Waals surface area contributed by atoms with Crippen LogP contribution in [0.2, 0.25) is 0 Å². The average Bonchev–Trinajstić information content (AvgIpc) is 2.62. The molecule has 0 saturated carbocycles. The van der Waals surface area contributed by atoms with E-state index in [1.807, 2.05) is 31.2 Å². The number of nitrogens with zero attached hydrogens (tertiary/aromatic N) is 1. The number of hydrogen-bond donors (Lipinski definition) is 3. The van der Waals surface area contributed by atoms with Gasteiger partial charge in [0.2, 0.25) is 0 Å². The van der Waals surface area contributed by atoms with Crippen molar-refractivity contribution < 1.29 is 10.2 Å². The first-order valence-electron chi connectivity index (χ1n) is 8.38. The Kier molecular flexibility index (Phi) is 5.79. The van der Waals surface area contributed by atoms with Gasteiger partial charge in [-0.1, -0.05) is 43.0 Å². The minimum atomic E-state index is -0.519. The van der Waals surface area contributed by atoms with Gasteiger partial charge in [0, 0.05) is 22.4 Å². The predicted molar refractivity (Wildman–Crippen MR) is 99.2 cm³/mol. The lowest BCUT2D eigenvalue weighted by atomic mass is 10.2. The quantitative estimate of drug-likeness (QED) is 0.721. The molecule has 24 heavy (non-hydrogen) atoms. The number of fused-ring (bicyclic) bond motifs is 2. The minimum Gasteiger partial charge on any atom is -0.395 e. The highest BCUT2D eigenvalue weighted by Crippen LogP contribution is 2.47. The fraction of sp³-hybridized carbons (Fsp3) is 0.368. The fourth-order valence-corrected chi connectivity index (χ4v) is 3.99. The van der Waals surface area contributed by atoms with Crippen LogP contribution in [0.5, 0.6) is 0 Å². The Morgan fingerprint density at radius 2 is 1.62 bits per heavy atom. The van der Waals surface area contributed by atoms with Crippen LogP contribution >= 0.6 is 11.8 Å². The summed E-state index contributed by atoms with van der Waals surface area (Å²) in [4.78, 5) is 4.60. The van der Waals surface area contributed by atoms with Gasteiger partial charge in [-0.3, -0.25) is 0 Å². The molecule has 0 radical (unpaired) electrons. The van der Waals surface area contributed by atoms with Crippen molar-refractivity contribution in [1.29, 1.82) is 0 Å². The maximum Gasteiger partial charge on any atom is 0.0843 e. The van der Waals surface area contributed by atoms with Gasteiger partial charge in [-0.05, 0) is 30.7 Å². The molecule has 3 N–H and O–H groups in total. The third-order valence-electron chi connectivity index (χ3n) is 4.28. The van der Waals surface area contributed by atoms with Crippen LogP contribution < -0.4 is 10.2 Å². The van der Waals surface area contributed by atoms with Crippen molar-refractivity contribution in [2.75, 3.05) is 24.6 Å². The first-order valence-corrected chi connectivity index (χ1v) is 9.20. The van der Waals surface area contributed by atoms with Crippen molar-refractivity contribution in [1.82, 2.24) is 5.32 Å². The molecule has 0 aliphatic carbocycles. The second-order valence-corrected chi connectivity index (χ2v) is 7.08. The van der Waals surface area contributed by atoms with E-state index < -0.39 is 6.10 Å². The van der Waals surface area contributed by atoms with Crippen molar-refractivity contribution in [2.45, 2.75) is 35.3 Å². The van der Waals surface area contributed by atoms with Crippen LogP contribution in [-0.2, 0) is 0 Å². The number of para-hydroxylation sites is 2. The van der Waals surface area contributed by atoms with E-state index in [2.05, 4.69) is 34.5 Å². The number of rotatable bonds is 7. The molecule has 0 saturated heterocycles. The van der Waals surface area contributed by atoms with Gasteiger partial charge in [-0.15, -0.1) is 0 Å². The molecule has 0 bridgehead atoms. The summed E-state index contributed by atoms with van der Waals surface area (Å²) in [6.07, 6.45) is 0.324. The molecule has 1 heterocycles. The Morgan fingerprint density at radius 1 is 1.04 bits per heavy atom. The van der Waals surface area contributed by atoms with Gasteiger partial charge >= 0.3 is 0 Å².